The summed E-state index contributed by atoms with van der Waals surface area (Å²) in [4.78, 5) is 0. The molecule has 1 aromatic carbocycles. The van der Waals surface area contributed by atoms with Crippen LogP contribution in [-0.2, 0) is 11.2 Å². The molecule has 2 nitrogen and oxygen atoms in total. The third kappa shape index (κ3) is 3.48. The highest BCUT2D eigenvalue weighted by atomic mass is 35.5. The van der Waals surface area contributed by atoms with Crippen LogP contribution in [0, 0.1) is 5.92 Å². The van der Waals surface area contributed by atoms with E-state index in [1.807, 2.05) is 19.1 Å². The molecule has 1 aliphatic rings. The maximum atomic E-state index is 6.29. The van der Waals surface area contributed by atoms with Gasteiger partial charge >= 0.3 is 0 Å². The summed E-state index contributed by atoms with van der Waals surface area (Å²) in [5.41, 5.74) is 2.41. The molecule has 2 rings (SSSR count). The van der Waals surface area contributed by atoms with E-state index in [4.69, 9.17) is 21.1 Å². The fraction of sp³-hybridized carbons (Fsp3) is 0.647. The Hall–Kier alpha value is -0.730. The lowest BCUT2D eigenvalue weighted by Gasteiger charge is -2.19. The van der Waals surface area contributed by atoms with Crippen LogP contribution in [0.1, 0.15) is 51.7 Å². The second-order valence-corrected chi connectivity index (χ2v) is 6.49. The van der Waals surface area contributed by atoms with Gasteiger partial charge in [0.25, 0.3) is 0 Å². The fourth-order valence-corrected chi connectivity index (χ4v) is 3.09. The van der Waals surface area contributed by atoms with E-state index >= 15 is 0 Å². The van der Waals surface area contributed by atoms with E-state index in [1.165, 1.54) is 11.1 Å². The molecular formula is C17H25ClO2. The summed E-state index contributed by atoms with van der Waals surface area (Å²) in [5, 5.41) is 0.795. The molecule has 0 radical (unpaired) electrons. The van der Waals surface area contributed by atoms with Gasteiger partial charge in [-0.3, -0.25) is 0 Å². The molecule has 1 fully saturated rings. The topological polar surface area (TPSA) is 21.8 Å². The largest absolute Gasteiger partial charge is 0.493 e. The maximum Gasteiger partial charge on any atom is 0.126 e. The normalized spacial score (nSPS) is 22.9. The first-order valence-corrected chi connectivity index (χ1v) is 7.92. The number of ether oxygens (including phenoxy) is 2. The van der Waals surface area contributed by atoms with Gasteiger partial charge in [0.15, 0.2) is 0 Å². The standard InChI is InChI=1S/C17H25ClO2/c1-6-19-17-13(7-11(4)16-12(5)20-16)8-14(18)9-15(17)10(2)3/h8-12,16H,6-7H2,1-5H3. The average Bonchev–Trinajstić information content (AvgIpc) is 3.09. The predicted octanol–water partition coefficient (Wildman–Crippen LogP) is 4.83. The van der Waals surface area contributed by atoms with Crippen LogP contribution in [0.15, 0.2) is 12.1 Å². The average molecular weight is 297 g/mol. The third-order valence-electron chi connectivity index (χ3n) is 3.93. The molecule has 20 heavy (non-hydrogen) atoms. The molecule has 1 aromatic rings. The summed E-state index contributed by atoms with van der Waals surface area (Å²) < 4.78 is 11.5. The highest BCUT2D eigenvalue weighted by Crippen LogP contribution is 2.37. The maximum absolute atomic E-state index is 6.29. The Morgan fingerprint density at radius 2 is 1.95 bits per heavy atom. The van der Waals surface area contributed by atoms with Crippen molar-refractivity contribution >= 4 is 11.6 Å². The molecule has 112 valence electrons. The van der Waals surface area contributed by atoms with Gasteiger partial charge < -0.3 is 9.47 Å². The van der Waals surface area contributed by atoms with Crippen molar-refractivity contribution in [3.8, 4) is 5.75 Å². The first kappa shape index (κ1) is 15.7. The number of hydrogen-bond donors (Lipinski definition) is 0. The van der Waals surface area contributed by atoms with Crippen LogP contribution in [0.4, 0.5) is 0 Å². The lowest BCUT2D eigenvalue weighted by Crippen LogP contribution is -2.11. The second kappa shape index (κ2) is 6.36. The first-order chi connectivity index (χ1) is 9.43. The molecule has 0 spiro atoms. The first-order valence-electron chi connectivity index (χ1n) is 7.54. The summed E-state index contributed by atoms with van der Waals surface area (Å²) >= 11 is 6.29. The van der Waals surface area contributed by atoms with Crippen molar-refractivity contribution in [3.63, 3.8) is 0 Å². The van der Waals surface area contributed by atoms with Gasteiger partial charge in [0.2, 0.25) is 0 Å². The minimum Gasteiger partial charge on any atom is -0.493 e. The van der Waals surface area contributed by atoms with E-state index in [9.17, 15) is 0 Å². The van der Waals surface area contributed by atoms with E-state index in [-0.39, 0.29) is 0 Å². The molecule has 0 amide bonds. The molecule has 1 aliphatic heterocycles. The van der Waals surface area contributed by atoms with Crippen LogP contribution in [0.3, 0.4) is 0 Å². The Morgan fingerprint density at radius 3 is 2.45 bits per heavy atom. The smallest absolute Gasteiger partial charge is 0.126 e. The Morgan fingerprint density at radius 1 is 1.30 bits per heavy atom. The van der Waals surface area contributed by atoms with Crippen LogP contribution in [0.2, 0.25) is 5.02 Å². The summed E-state index contributed by atoms with van der Waals surface area (Å²) in [6.07, 6.45) is 1.72. The van der Waals surface area contributed by atoms with Gasteiger partial charge in [-0.2, -0.15) is 0 Å². The number of benzene rings is 1. The van der Waals surface area contributed by atoms with Gasteiger partial charge in [-0.25, -0.2) is 0 Å². The van der Waals surface area contributed by atoms with Crippen molar-refractivity contribution in [2.24, 2.45) is 5.92 Å². The van der Waals surface area contributed by atoms with Gasteiger partial charge in [0.1, 0.15) is 5.75 Å². The Labute approximate surface area is 127 Å². The molecular weight excluding hydrogens is 272 g/mol. The van der Waals surface area contributed by atoms with E-state index in [2.05, 4.69) is 27.7 Å². The zero-order valence-electron chi connectivity index (χ0n) is 13.1. The van der Waals surface area contributed by atoms with E-state index in [0.29, 0.717) is 30.7 Å². The fourth-order valence-electron chi connectivity index (χ4n) is 2.84. The minimum absolute atomic E-state index is 0.381. The van der Waals surface area contributed by atoms with Crippen LogP contribution < -0.4 is 4.74 Å². The molecule has 0 N–H and O–H groups in total. The zero-order valence-corrected chi connectivity index (χ0v) is 13.8. The van der Waals surface area contributed by atoms with Gasteiger partial charge in [0.05, 0.1) is 18.8 Å². The highest BCUT2D eigenvalue weighted by Gasteiger charge is 2.39. The van der Waals surface area contributed by atoms with Crippen molar-refractivity contribution in [1.82, 2.24) is 0 Å². The van der Waals surface area contributed by atoms with Crippen LogP contribution in [-0.4, -0.2) is 18.8 Å². The van der Waals surface area contributed by atoms with Crippen molar-refractivity contribution in [2.75, 3.05) is 6.61 Å². The number of halogens is 1. The summed E-state index contributed by atoms with van der Waals surface area (Å²) in [5.74, 6) is 1.91. The van der Waals surface area contributed by atoms with Crippen LogP contribution >= 0.6 is 11.6 Å². The molecule has 3 atom stereocenters. The lowest BCUT2D eigenvalue weighted by atomic mass is 9.92. The van der Waals surface area contributed by atoms with Crippen molar-refractivity contribution in [1.29, 1.82) is 0 Å². The zero-order chi connectivity index (χ0) is 14.9. The Bertz CT molecular complexity index is 470. The lowest BCUT2D eigenvalue weighted by molar-refractivity contribution is 0.315. The molecule has 0 saturated carbocycles. The number of epoxide rings is 1. The third-order valence-corrected chi connectivity index (χ3v) is 4.15. The molecule has 1 saturated heterocycles. The summed E-state index contributed by atoms with van der Waals surface area (Å²) in [6.45, 7) is 11.4. The van der Waals surface area contributed by atoms with Gasteiger partial charge in [-0.15, -0.1) is 0 Å². The van der Waals surface area contributed by atoms with Gasteiger partial charge in [-0.1, -0.05) is 32.4 Å². The molecule has 3 unspecified atom stereocenters. The van der Waals surface area contributed by atoms with E-state index < -0.39 is 0 Å². The second-order valence-electron chi connectivity index (χ2n) is 6.06. The van der Waals surface area contributed by atoms with Crippen LogP contribution in [0.5, 0.6) is 5.75 Å². The molecule has 0 aromatic heterocycles. The quantitative estimate of drug-likeness (QED) is 0.701. The van der Waals surface area contributed by atoms with Crippen molar-refractivity contribution in [3.05, 3.63) is 28.3 Å². The monoisotopic (exact) mass is 296 g/mol. The van der Waals surface area contributed by atoms with Crippen molar-refractivity contribution < 1.29 is 9.47 Å². The highest BCUT2D eigenvalue weighted by molar-refractivity contribution is 6.30. The predicted molar refractivity (Wildman–Crippen MR) is 83.9 cm³/mol. The van der Waals surface area contributed by atoms with E-state index in [0.717, 1.165) is 17.2 Å². The Kier molecular flexibility index (Phi) is 4.98. The van der Waals surface area contributed by atoms with Crippen LogP contribution in [0.25, 0.3) is 0 Å². The van der Waals surface area contributed by atoms with Crippen molar-refractivity contribution in [2.45, 2.75) is 59.2 Å². The summed E-state index contributed by atoms with van der Waals surface area (Å²) in [6, 6.07) is 4.07. The van der Waals surface area contributed by atoms with E-state index in [1.54, 1.807) is 0 Å². The van der Waals surface area contributed by atoms with Gasteiger partial charge in [-0.05, 0) is 55.4 Å². The SMILES string of the molecule is CCOc1c(CC(C)C2OC2C)cc(Cl)cc1C(C)C. The molecule has 1 heterocycles. The molecule has 0 aliphatic carbocycles. The number of rotatable bonds is 6. The minimum atomic E-state index is 0.381. The van der Waals surface area contributed by atoms with Gasteiger partial charge in [0, 0.05) is 5.02 Å². The number of hydrogen-bond acceptors (Lipinski definition) is 2. The molecule has 3 heteroatoms. The Balaban J connectivity index is 2.29. The molecule has 0 bridgehead atoms. The summed E-state index contributed by atoms with van der Waals surface area (Å²) in [7, 11) is 0.